The lowest BCUT2D eigenvalue weighted by molar-refractivity contribution is 0.281. The van der Waals surface area contributed by atoms with Crippen LogP contribution in [0.5, 0.6) is 5.75 Å². The Morgan fingerprint density at radius 1 is 1.28 bits per heavy atom. The molecule has 29 heavy (non-hydrogen) atoms. The summed E-state index contributed by atoms with van der Waals surface area (Å²) >= 11 is 0. The van der Waals surface area contributed by atoms with Gasteiger partial charge in [-0.05, 0) is 61.5 Å². The highest BCUT2D eigenvalue weighted by Gasteiger charge is 2.43. The van der Waals surface area contributed by atoms with E-state index in [1.807, 2.05) is 19.1 Å². The third-order valence-electron chi connectivity index (χ3n) is 6.50. The molecule has 6 heteroatoms. The molecular formula is C23H32FN3O2. The van der Waals surface area contributed by atoms with Crippen molar-refractivity contribution in [1.82, 2.24) is 10.1 Å². The van der Waals surface area contributed by atoms with Gasteiger partial charge in [0.05, 0.1) is 6.61 Å². The van der Waals surface area contributed by atoms with Gasteiger partial charge in [-0.25, -0.2) is 4.39 Å². The van der Waals surface area contributed by atoms with E-state index in [0.29, 0.717) is 30.7 Å². The van der Waals surface area contributed by atoms with E-state index >= 15 is 0 Å². The van der Waals surface area contributed by atoms with Crippen molar-refractivity contribution in [2.24, 2.45) is 17.8 Å². The highest BCUT2D eigenvalue weighted by molar-refractivity contribution is 5.29. The number of halogens is 1. The summed E-state index contributed by atoms with van der Waals surface area (Å²) < 4.78 is 25.1. The first-order chi connectivity index (χ1) is 14.0. The van der Waals surface area contributed by atoms with Crippen molar-refractivity contribution in [3.8, 4) is 5.75 Å². The summed E-state index contributed by atoms with van der Waals surface area (Å²) in [6.07, 6.45) is 5.44. The van der Waals surface area contributed by atoms with Crippen LogP contribution in [-0.4, -0.2) is 29.8 Å². The van der Waals surface area contributed by atoms with Crippen LogP contribution >= 0.6 is 0 Å². The first-order valence-corrected chi connectivity index (χ1v) is 11.0. The number of aromatic nitrogens is 2. The third-order valence-corrected chi connectivity index (χ3v) is 6.50. The molecule has 2 aromatic rings. The Morgan fingerprint density at radius 3 is 2.72 bits per heavy atom. The molecule has 2 fully saturated rings. The van der Waals surface area contributed by atoms with E-state index in [2.05, 4.69) is 28.9 Å². The molecule has 0 spiro atoms. The van der Waals surface area contributed by atoms with Gasteiger partial charge in [-0.15, -0.1) is 0 Å². The first-order valence-electron chi connectivity index (χ1n) is 11.0. The van der Waals surface area contributed by atoms with Gasteiger partial charge < -0.3 is 14.2 Å². The van der Waals surface area contributed by atoms with E-state index in [4.69, 9.17) is 9.26 Å². The number of benzene rings is 1. The lowest BCUT2D eigenvalue weighted by Gasteiger charge is -2.30. The van der Waals surface area contributed by atoms with Crippen molar-refractivity contribution in [3.63, 3.8) is 0 Å². The summed E-state index contributed by atoms with van der Waals surface area (Å²) in [5.74, 6) is 3.91. The topological polar surface area (TPSA) is 51.4 Å². The second kappa shape index (κ2) is 8.72. The van der Waals surface area contributed by atoms with E-state index in [1.54, 1.807) is 0 Å². The zero-order chi connectivity index (χ0) is 20.4. The average Bonchev–Trinajstić information content (AvgIpc) is 3.31. The normalized spacial score (nSPS) is 22.3. The molecule has 1 aliphatic carbocycles. The number of nitrogens with zero attached hydrogens (tertiary/aromatic N) is 3. The Morgan fingerprint density at radius 2 is 2.07 bits per heavy atom. The molecule has 2 unspecified atom stereocenters. The van der Waals surface area contributed by atoms with E-state index < -0.39 is 0 Å². The van der Waals surface area contributed by atoms with Crippen LogP contribution in [0.4, 0.5) is 10.4 Å². The summed E-state index contributed by atoms with van der Waals surface area (Å²) in [5, 5.41) is 4.08. The summed E-state index contributed by atoms with van der Waals surface area (Å²) in [6.45, 7) is 8.77. The Bertz CT molecular complexity index is 814. The third kappa shape index (κ3) is 4.73. The Balaban J connectivity index is 1.18. The molecular weight excluding hydrogens is 369 g/mol. The fourth-order valence-corrected chi connectivity index (χ4v) is 4.52. The van der Waals surface area contributed by atoms with Gasteiger partial charge in [0, 0.05) is 25.1 Å². The van der Waals surface area contributed by atoms with Crippen LogP contribution in [0.1, 0.15) is 63.8 Å². The fourth-order valence-electron chi connectivity index (χ4n) is 4.52. The number of anilines is 1. The van der Waals surface area contributed by atoms with Crippen molar-refractivity contribution < 1.29 is 13.7 Å². The van der Waals surface area contributed by atoms with Crippen molar-refractivity contribution in [2.75, 3.05) is 24.6 Å². The minimum absolute atomic E-state index is 0.164. The SMILES string of the molecule is CCc1ccc(OCCC2CC2C2CCN(c3nc(C(C)C)no3)CC2)cc1F. The molecule has 2 heterocycles. The molecule has 0 amide bonds. The van der Waals surface area contributed by atoms with Gasteiger partial charge in [0.15, 0.2) is 5.82 Å². The summed E-state index contributed by atoms with van der Waals surface area (Å²) in [6, 6.07) is 5.89. The van der Waals surface area contributed by atoms with Crippen molar-refractivity contribution >= 4 is 6.01 Å². The van der Waals surface area contributed by atoms with Crippen LogP contribution in [0, 0.1) is 23.6 Å². The zero-order valence-corrected chi connectivity index (χ0v) is 17.7. The number of piperidine rings is 1. The number of rotatable bonds is 8. The zero-order valence-electron chi connectivity index (χ0n) is 17.7. The lowest BCUT2D eigenvalue weighted by atomic mass is 9.90. The van der Waals surface area contributed by atoms with E-state index in [1.165, 1.54) is 25.3 Å². The number of hydrogen-bond acceptors (Lipinski definition) is 5. The molecule has 1 saturated carbocycles. The molecule has 1 aromatic carbocycles. The molecule has 1 saturated heterocycles. The summed E-state index contributed by atoms with van der Waals surface area (Å²) in [4.78, 5) is 6.75. The molecule has 2 atom stereocenters. The molecule has 0 bridgehead atoms. The van der Waals surface area contributed by atoms with Crippen LogP contribution in [0.2, 0.25) is 0 Å². The van der Waals surface area contributed by atoms with Crippen LogP contribution in [-0.2, 0) is 6.42 Å². The molecule has 2 aliphatic rings. The minimum atomic E-state index is -0.164. The van der Waals surface area contributed by atoms with Gasteiger partial charge in [-0.3, -0.25) is 0 Å². The highest BCUT2D eigenvalue weighted by Crippen LogP contribution is 2.50. The Kier molecular flexibility index (Phi) is 6.07. The van der Waals surface area contributed by atoms with Gasteiger partial charge in [-0.1, -0.05) is 32.0 Å². The summed E-state index contributed by atoms with van der Waals surface area (Å²) in [5.41, 5.74) is 0.743. The van der Waals surface area contributed by atoms with E-state index in [0.717, 1.165) is 48.7 Å². The fraction of sp³-hybridized carbons (Fsp3) is 0.652. The van der Waals surface area contributed by atoms with Gasteiger partial charge in [0.1, 0.15) is 11.6 Å². The van der Waals surface area contributed by atoms with Gasteiger partial charge in [0.25, 0.3) is 0 Å². The quantitative estimate of drug-likeness (QED) is 0.607. The first kappa shape index (κ1) is 20.2. The predicted molar refractivity (Wildman–Crippen MR) is 111 cm³/mol. The monoisotopic (exact) mass is 401 g/mol. The van der Waals surface area contributed by atoms with Crippen LogP contribution < -0.4 is 9.64 Å². The number of aryl methyl sites for hydroxylation is 1. The maximum atomic E-state index is 13.8. The second-order valence-corrected chi connectivity index (χ2v) is 8.82. The van der Waals surface area contributed by atoms with E-state index in [9.17, 15) is 4.39 Å². The van der Waals surface area contributed by atoms with Crippen molar-refractivity contribution in [3.05, 3.63) is 35.4 Å². The standard InChI is InChI=1S/C23H32FN3O2/c1-4-16-5-6-19(14-21(16)24)28-12-9-18-13-20(18)17-7-10-27(11-8-17)23-25-22(15(2)3)26-29-23/h5-6,14-15,17-18,20H,4,7-13H2,1-3H3. The van der Waals surface area contributed by atoms with Gasteiger partial charge in [0.2, 0.25) is 0 Å². The van der Waals surface area contributed by atoms with Crippen LogP contribution in [0.15, 0.2) is 22.7 Å². The van der Waals surface area contributed by atoms with Gasteiger partial charge in [-0.2, -0.15) is 4.98 Å². The van der Waals surface area contributed by atoms with Gasteiger partial charge >= 0.3 is 6.01 Å². The highest BCUT2D eigenvalue weighted by atomic mass is 19.1. The van der Waals surface area contributed by atoms with Crippen molar-refractivity contribution in [2.45, 2.75) is 58.8 Å². The molecule has 1 aromatic heterocycles. The molecule has 0 radical (unpaired) electrons. The Hall–Kier alpha value is -2.11. The number of ether oxygens (including phenoxy) is 1. The van der Waals surface area contributed by atoms with E-state index in [-0.39, 0.29) is 5.82 Å². The molecule has 1 aliphatic heterocycles. The predicted octanol–water partition coefficient (Wildman–Crippen LogP) is 5.22. The van der Waals surface area contributed by atoms with Crippen LogP contribution in [0.25, 0.3) is 0 Å². The average molecular weight is 402 g/mol. The largest absolute Gasteiger partial charge is 0.493 e. The molecule has 158 valence electrons. The number of hydrogen-bond donors (Lipinski definition) is 0. The second-order valence-electron chi connectivity index (χ2n) is 8.82. The molecule has 5 nitrogen and oxygen atoms in total. The van der Waals surface area contributed by atoms with Crippen molar-refractivity contribution in [1.29, 1.82) is 0 Å². The maximum Gasteiger partial charge on any atom is 0.324 e. The van der Waals surface area contributed by atoms with Crippen LogP contribution in [0.3, 0.4) is 0 Å². The lowest BCUT2D eigenvalue weighted by Crippen LogP contribution is -2.34. The minimum Gasteiger partial charge on any atom is -0.493 e. The molecule has 0 N–H and O–H groups in total. The maximum absolute atomic E-state index is 13.8. The molecule has 4 rings (SSSR count). The smallest absolute Gasteiger partial charge is 0.324 e. The Labute approximate surface area is 172 Å². The summed E-state index contributed by atoms with van der Waals surface area (Å²) in [7, 11) is 0.